The van der Waals surface area contributed by atoms with Crippen molar-refractivity contribution in [2.45, 2.75) is 43.9 Å². The number of carbonyl (C=O) groups is 2. The molecule has 7 nitrogen and oxygen atoms in total. The van der Waals surface area contributed by atoms with Crippen molar-refractivity contribution in [1.82, 2.24) is 9.80 Å². The van der Waals surface area contributed by atoms with Crippen molar-refractivity contribution in [3.63, 3.8) is 0 Å². The highest BCUT2D eigenvalue weighted by atomic mass is 16.5. The molecule has 0 aromatic carbocycles. The molecule has 2 fully saturated rings. The predicted molar refractivity (Wildman–Crippen MR) is 79.2 cm³/mol. The topological polar surface area (TPSA) is 79.3 Å². The Morgan fingerprint density at radius 2 is 2.27 bits per heavy atom. The van der Waals surface area contributed by atoms with Gasteiger partial charge in [-0.3, -0.25) is 9.59 Å². The first kappa shape index (κ1) is 17.2. The molecular weight excluding hydrogens is 288 g/mol. The van der Waals surface area contributed by atoms with E-state index in [-0.39, 0.29) is 17.9 Å². The van der Waals surface area contributed by atoms with Gasteiger partial charge < -0.3 is 24.4 Å². The predicted octanol–water partition coefficient (Wildman–Crippen LogP) is -0.378. The van der Waals surface area contributed by atoms with E-state index in [1.165, 1.54) is 7.11 Å². The Morgan fingerprint density at radius 1 is 1.50 bits per heavy atom. The van der Waals surface area contributed by atoms with E-state index in [0.29, 0.717) is 39.0 Å². The number of hydrogen-bond donors (Lipinski definition) is 1. The van der Waals surface area contributed by atoms with Crippen LogP contribution in [0.3, 0.4) is 0 Å². The van der Waals surface area contributed by atoms with E-state index >= 15 is 0 Å². The van der Waals surface area contributed by atoms with Gasteiger partial charge in [-0.05, 0) is 12.8 Å². The van der Waals surface area contributed by atoms with Gasteiger partial charge in [0.2, 0.25) is 11.8 Å². The third-order valence-corrected chi connectivity index (χ3v) is 4.53. The van der Waals surface area contributed by atoms with Crippen molar-refractivity contribution in [3.05, 3.63) is 0 Å². The molecule has 0 spiro atoms. The zero-order valence-electron chi connectivity index (χ0n) is 13.4. The van der Waals surface area contributed by atoms with Crippen molar-refractivity contribution >= 4 is 11.8 Å². The summed E-state index contributed by atoms with van der Waals surface area (Å²) in [5.41, 5.74) is 0. The largest absolute Gasteiger partial charge is 0.388 e. The lowest BCUT2D eigenvalue weighted by molar-refractivity contribution is -0.158. The Morgan fingerprint density at radius 3 is 2.91 bits per heavy atom. The molecule has 22 heavy (non-hydrogen) atoms. The first-order chi connectivity index (χ1) is 10.5. The van der Waals surface area contributed by atoms with Crippen LogP contribution in [0.15, 0.2) is 0 Å². The number of methoxy groups -OCH3 is 1. The average molecular weight is 314 g/mol. The smallest absolute Gasteiger partial charge is 0.222 e. The fraction of sp³-hybridized carbons (Fsp3) is 0.867. The van der Waals surface area contributed by atoms with Crippen LogP contribution in [0.2, 0.25) is 0 Å². The number of likely N-dealkylation sites (tertiary alicyclic amines) is 1. The normalized spacial score (nSPS) is 29.0. The number of carbonyl (C=O) groups excluding carboxylic acids is 2. The lowest BCUT2D eigenvalue weighted by Gasteiger charge is -2.39. The van der Waals surface area contributed by atoms with Crippen molar-refractivity contribution in [1.29, 1.82) is 0 Å². The van der Waals surface area contributed by atoms with Crippen LogP contribution in [0.4, 0.5) is 0 Å². The maximum absolute atomic E-state index is 12.3. The number of aliphatic hydroxyl groups is 1. The Labute approximate surface area is 131 Å². The molecule has 0 radical (unpaired) electrons. The molecule has 2 amide bonds. The summed E-state index contributed by atoms with van der Waals surface area (Å²) < 4.78 is 10.6. The van der Waals surface area contributed by atoms with E-state index in [4.69, 9.17) is 9.47 Å². The molecule has 0 unspecified atom stereocenters. The summed E-state index contributed by atoms with van der Waals surface area (Å²) in [4.78, 5) is 27.1. The van der Waals surface area contributed by atoms with Crippen LogP contribution in [0.5, 0.6) is 0 Å². The Balaban J connectivity index is 1.77. The van der Waals surface area contributed by atoms with Gasteiger partial charge in [-0.15, -0.1) is 0 Å². The second-order valence-electron chi connectivity index (χ2n) is 5.96. The number of rotatable bonds is 6. The summed E-state index contributed by atoms with van der Waals surface area (Å²) in [5.74, 6) is 0.135. The lowest BCUT2D eigenvalue weighted by Crippen LogP contribution is -2.56. The molecular formula is C15H26N2O5. The molecule has 0 bridgehead atoms. The van der Waals surface area contributed by atoms with Gasteiger partial charge in [0.25, 0.3) is 0 Å². The van der Waals surface area contributed by atoms with Crippen LogP contribution in [0.25, 0.3) is 0 Å². The summed E-state index contributed by atoms with van der Waals surface area (Å²) in [6.07, 6.45) is 1.39. The summed E-state index contributed by atoms with van der Waals surface area (Å²) in [6.45, 7) is 2.08. The Kier molecular flexibility index (Phi) is 6.16. The third kappa shape index (κ3) is 3.97. The maximum atomic E-state index is 12.3. The maximum Gasteiger partial charge on any atom is 0.222 e. The molecule has 126 valence electrons. The zero-order valence-corrected chi connectivity index (χ0v) is 13.4. The number of likely N-dealkylation sites (N-methyl/N-ethyl adjacent to an activating group) is 1. The molecule has 2 aliphatic heterocycles. The highest BCUT2D eigenvalue weighted by Crippen LogP contribution is 2.17. The van der Waals surface area contributed by atoms with Gasteiger partial charge in [-0.1, -0.05) is 0 Å². The summed E-state index contributed by atoms with van der Waals surface area (Å²) in [5, 5.41) is 10.2. The number of ether oxygens (including phenoxy) is 2. The fourth-order valence-corrected chi connectivity index (χ4v) is 3.02. The molecule has 2 heterocycles. The SMILES string of the molecule is CO[C@@H]1COC[C@@H](N(C)C(=O)CCCN2CCCC2=O)[C@@H]1O. The molecule has 2 aliphatic rings. The number of hydrogen-bond acceptors (Lipinski definition) is 5. The molecule has 0 aliphatic carbocycles. The Bertz CT molecular complexity index is 403. The van der Waals surface area contributed by atoms with Gasteiger partial charge in [0, 0.05) is 40.1 Å². The van der Waals surface area contributed by atoms with Crippen LogP contribution in [0.1, 0.15) is 25.7 Å². The highest BCUT2D eigenvalue weighted by Gasteiger charge is 2.36. The van der Waals surface area contributed by atoms with Gasteiger partial charge in [0.1, 0.15) is 12.2 Å². The van der Waals surface area contributed by atoms with Crippen molar-refractivity contribution in [2.75, 3.05) is 40.5 Å². The summed E-state index contributed by atoms with van der Waals surface area (Å²) in [7, 11) is 3.20. The first-order valence-electron chi connectivity index (χ1n) is 7.86. The number of nitrogens with zero attached hydrogens (tertiary/aromatic N) is 2. The van der Waals surface area contributed by atoms with E-state index < -0.39 is 12.2 Å². The molecule has 2 saturated heterocycles. The van der Waals surface area contributed by atoms with Gasteiger partial charge in [-0.25, -0.2) is 0 Å². The van der Waals surface area contributed by atoms with Gasteiger partial charge >= 0.3 is 0 Å². The second kappa shape index (κ2) is 7.89. The molecule has 3 atom stereocenters. The van der Waals surface area contributed by atoms with E-state index in [9.17, 15) is 14.7 Å². The first-order valence-corrected chi connectivity index (χ1v) is 7.86. The summed E-state index contributed by atoms with van der Waals surface area (Å²) in [6, 6.07) is -0.389. The quantitative estimate of drug-likeness (QED) is 0.723. The molecule has 0 aromatic rings. The van der Waals surface area contributed by atoms with Gasteiger partial charge in [0.05, 0.1) is 19.3 Å². The van der Waals surface area contributed by atoms with Crippen LogP contribution < -0.4 is 0 Å². The highest BCUT2D eigenvalue weighted by molar-refractivity contribution is 5.78. The third-order valence-electron chi connectivity index (χ3n) is 4.53. The van der Waals surface area contributed by atoms with E-state index in [1.807, 2.05) is 4.90 Å². The van der Waals surface area contributed by atoms with Crippen molar-refractivity contribution in [2.24, 2.45) is 0 Å². The second-order valence-corrected chi connectivity index (χ2v) is 5.96. The van der Waals surface area contributed by atoms with Crippen LogP contribution in [-0.4, -0.2) is 85.4 Å². The summed E-state index contributed by atoms with van der Waals surface area (Å²) >= 11 is 0. The molecule has 0 saturated carbocycles. The van der Waals surface area contributed by atoms with Crippen LogP contribution in [-0.2, 0) is 19.1 Å². The van der Waals surface area contributed by atoms with Gasteiger partial charge in [0.15, 0.2) is 0 Å². The molecule has 0 aromatic heterocycles. The Hall–Kier alpha value is -1.18. The van der Waals surface area contributed by atoms with Crippen molar-refractivity contribution in [3.8, 4) is 0 Å². The van der Waals surface area contributed by atoms with Crippen LogP contribution in [0, 0.1) is 0 Å². The standard InChI is InChI=1S/C15H26N2O5/c1-16(11-9-22-10-12(21-2)15(11)20)13(18)5-3-7-17-8-4-6-14(17)19/h11-12,15,20H,3-10H2,1-2H3/t11-,12-,15+/m1/s1. The molecule has 7 heteroatoms. The number of aliphatic hydroxyl groups excluding tert-OH is 1. The lowest BCUT2D eigenvalue weighted by atomic mass is 10.0. The van der Waals surface area contributed by atoms with Gasteiger partial charge in [-0.2, -0.15) is 0 Å². The number of amides is 2. The fourth-order valence-electron chi connectivity index (χ4n) is 3.02. The average Bonchev–Trinajstić information content (AvgIpc) is 2.92. The van der Waals surface area contributed by atoms with Crippen LogP contribution >= 0.6 is 0 Å². The van der Waals surface area contributed by atoms with E-state index in [2.05, 4.69) is 0 Å². The minimum Gasteiger partial charge on any atom is -0.388 e. The zero-order chi connectivity index (χ0) is 16.1. The molecule has 1 N–H and O–H groups in total. The minimum atomic E-state index is -0.743. The van der Waals surface area contributed by atoms with E-state index in [0.717, 1.165) is 13.0 Å². The van der Waals surface area contributed by atoms with Crippen molar-refractivity contribution < 1.29 is 24.2 Å². The monoisotopic (exact) mass is 314 g/mol. The van der Waals surface area contributed by atoms with E-state index in [1.54, 1.807) is 11.9 Å². The molecule has 2 rings (SSSR count). The minimum absolute atomic E-state index is 0.0453.